The number of nitrogens with zero attached hydrogens (tertiary/aromatic N) is 7. The molecule has 0 unspecified atom stereocenters. The van der Waals surface area contributed by atoms with Crippen LogP contribution in [-0.4, -0.2) is 106 Å². The first-order valence-electron chi connectivity index (χ1n) is 22.8. The summed E-state index contributed by atoms with van der Waals surface area (Å²) in [4.78, 5) is 57.1. The van der Waals surface area contributed by atoms with Crippen molar-refractivity contribution < 1.29 is 50.2 Å². The van der Waals surface area contributed by atoms with Crippen molar-refractivity contribution in [3.63, 3.8) is 0 Å². The van der Waals surface area contributed by atoms with Crippen LogP contribution in [0.3, 0.4) is 0 Å². The van der Waals surface area contributed by atoms with Gasteiger partial charge in [-0.05, 0) is 99.3 Å². The fourth-order valence-electron chi connectivity index (χ4n) is 9.93. The molecule has 0 saturated carbocycles. The van der Waals surface area contributed by atoms with Crippen LogP contribution in [0.5, 0.6) is 5.75 Å². The molecule has 0 saturated heterocycles. The van der Waals surface area contributed by atoms with Crippen LogP contribution < -0.4 is 16.4 Å². The van der Waals surface area contributed by atoms with Gasteiger partial charge < -0.3 is 42.5 Å². The molecule has 11 N–H and O–H groups in total. The van der Waals surface area contributed by atoms with Crippen LogP contribution in [0.4, 0.5) is 16.2 Å². The number of nitriles is 2. The highest BCUT2D eigenvalue weighted by Crippen LogP contribution is 2.55. The standard InChI is InChI=1S/C22H24N2O8.C17H19N5.C15H12N2O.H2O/c1-7-8-5-4-6-9(25)11(8)16(26)12-10(7)17(27)14-15(24(2)3)18(28)13(21(23)31)20(30)22(14,32)19(12)29;1-16(2,9-18)14-5-13(8-22-12-20-11-21-22)6-15(7-14)17(3,4)10-19;16-15(18)17-13-7-3-1-5-11(13)9-10-12-6-2-4-8-14(12)17;/h4-7,10,14-15,17,25,27-29,32H,1-3H3,(H2,23,31);5-7,11-12H,8H2,1-4H3;1-10H,(H2,16,18);1H2/t7-,10+,14+,15-,17-,22-;;;/m0.../s1. The van der Waals surface area contributed by atoms with Gasteiger partial charge in [-0.15, -0.1) is 0 Å². The molecule has 0 radical (unpaired) electrons. The Morgan fingerprint density at radius 1 is 0.849 bits per heavy atom. The van der Waals surface area contributed by atoms with Gasteiger partial charge in [0.05, 0.1) is 64.5 Å². The summed E-state index contributed by atoms with van der Waals surface area (Å²) in [5, 5.41) is 78.0. The third-order valence-electron chi connectivity index (χ3n) is 13.8. The number of aliphatic hydroxyl groups excluding tert-OH is 3. The number of likely N-dealkylation sites (N-methyl/N-ethyl adjacent to an activating group) is 1. The number of amides is 3. The van der Waals surface area contributed by atoms with E-state index in [4.69, 9.17) is 11.5 Å². The number of hydrogen-bond donors (Lipinski definition) is 7. The zero-order valence-corrected chi connectivity index (χ0v) is 41.1. The number of rotatable bonds is 6. The third kappa shape index (κ3) is 9.45. The molecule has 5 aromatic rings. The Kier molecular flexibility index (Phi) is 15.0. The Morgan fingerprint density at radius 3 is 1.88 bits per heavy atom. The summed E-state index contributed by atoms with van der Waals surface area (Å²) >= 11 is 0. The summed E-state index contributed by atoms with van der Waals surface area (Å²) in [7, 11) is 2.98. The van der Waals surface area contributed by atoms with Gasteiger partial charge in [0, 0.05) is 11.5 Å². The maximum atomic E-state index is 13.3. The number of anilines is 2. The zero-order valence-electron chi connectivity index (χ0n) is 41.1. The van der Waals surface area contributed by atoms with Gasteiger partial charge in [0.2, 0.25) is 5.78 Å². The molecule has 19 heteroatoms. The molecule has 0 bridgehead atoms. The van der Waals surface area contributed by atoms with E-state index >= 15 is 0 Å². The van der Waals surface area contributed by atoms with E-state index in [-0.39, 0.29) is 16.8 Å². The predicted octanol–water partition coefficient (Wildman–Crippen LogP) is 5.14. The number of aromatic nitrogens is 3. The Morgan fingerprint density at radius 2 is 1.40 bits per heavy atom. The van der Waals surface area contributed by atoms with E-state index in [1.54, 1.807) is 35.0 Å². The van der Waals surface area contributed by atoms with Crippen molar-refractivity contribution in [1.29, 1.82) is 10.5 Å². The number of fused-ring (bicyclic) bond motifs is 5. The molecule has 0 spiro atoms. The SMILES string of the molecule is CC(C)(C#N)c1cc(Cn2cncn2)cc(C(C)(C)C#N)c1.C[C@H]1c2cccc(O)c2C(=O)C2=C(O)[C@]3(O)C(=O)C(C(N)=O)=C(O)[C@@H](N(C)C)[C@@H]3[C@@H](O)[C@@H]21.NC(=O)N1c2ccccc2C=Cc2ccccc21.O. The van der Waals surface area contributed by atoms with E-state index in [0.29, 0.717) is 12.1 Å². The Balaban J connectivity index is 0.000000186. The van der Waals surface area contributed by atoms with E-state index in [2.05, 4.69) is 22.2 Å². The van der Waals surface area contributed by atoms with Gasteiger partial charge in [0.1, 0.15) is 35.5 Å². The number of Topliss-reactive ketones (excluding diaryl/α,β-unsaturated/α-hetero) is 2. The van der Waals surface area contributed by atoms with Crippen LogP contribution >= 0.6 is 0 Å². The largest absolute Gasteiger partial charge is 0.510 e. The lowest BCUT2D eigenvalue weighted by molar-refractivity contribution is -0.162. The van der Waals surface area contributed by atoms with Crippen molar-refractivity contribution in [2.75, 3.05) is 19.0 Å². The molecule has 3 amide bonds. The van der Waals surface area contributed by atoms with E-state index < -0.39 is 92.5 Å². The summed E-state index contributed by atoms with van der Waals surface area (Å²) in [6, 6.07) is 28.7. The number of phenolic OH excluding ortho intramolecular Hbond substituents is 1. The minimum atomic E-state index is -2.89. The minimum Gasteiger partial charge on any atom is -0.510 e. The molecule has 19 nitrogen and oxygen atoms in total. The topological polar surface area (TPSA) is 338 Å². The number of benzene rings is 4. The summed E-state index contributed by atoms with van der Waals surface area (Å²) in [5.74, 6) is -8.86. The summed E-state index contributed by atoms with van der Waals surface area (Å²) in [6.07, 6.45) is 5.54. The summed E-state index contributed by atoms with van der Waals surface area (Å²) < 4.78 is 1.72. The number of carbonyl (C=O) groups is 4. The van der Waals surface area contributed by atoms with Crippen molar-refractivity contribution in [1.82, 2.24) is 19.7 Å². The highest BCUT2D eigenvalue weighted by Gasteiger charge is 2.67. The van der Waals surface area contributed by atoms with E-state index in [1.165, 1.54) is 31.4 Å². The lowest BCUT2D eigenvalue weighted by Gasteiger charge is -2.53. The second-order valence-corrected chi connectivity index (χ2v) is 19.4. The van der Waals surface area contributed by atoms with Crippen molar-refractivity contribution >= 4 is 47.0 Å². The van der Waals surface area contributed by atoms with Gasteiger partial charge in [-0.2, -0.15) is 15.6 Å². The Hall–Kier alpha value is -8.46. The average molecular weight is 992 g/mol. The highest BCUT2D eigenvalue weighted by molar-refractivity contribution is 6.25. The molecule has 378 valence electrons. The number of phenols is 1. The van der Waals surface area contributed by atoms with E-state index in [9.17, 15) is 55.2 Å². The first-order valence-corrected chi connectivity index (χ1v) is 22.8. The van der Waals surface area contributed by atoms with Gasteiger partial charge in [0.25, 0.3) is 5.91 Å². The summed E-state index contributed by atoms with van der Waals surface area (Å²) in [5.41, 5.74) is 12.1. The number of urea groups is 1. The molecule has 9 rings (SSSR count). The third-order valence-corrected chi connectivity index (χ3v) is 13.8. The zero-order chi connectivity index (χ0) is 52.8. The lowest BCUT2D eigenvalue weighted by Crippen LogP contribution is -2.68. The van der Waals surface area contributed by atoms with Gasteiger partial charge in [0.15, 0.2) is 11.4 Å². The monoisotopic (exact) mass is 991 g/mol. The summed E-state index contributed by atoms with van der Waals surface area (Å²) in [6.45, 7) is 9.75. The van der Waals surface area contributed by atoms with Gasteiger partial charge >= 0.3 is 6.03 Å². The highest BCUT2D eigenvalue weighted by atomic mass is 16.4. The number of aromatic hydroxyl groups is 1. The van der Waals surface area contributed by atoms with Crippen molar-refractivity contribution in [2.24, 2.45) is 23.3 Å². The molecule has 3 aliphatic carbocycles. The van der Waals surface area contributed by atoms with Crippen LogP contribution in [0.15, 0.2) is 120 Å². The minimum absolute atomic E-state index is 0. The lowest BCUT2D eigenvalue weighted by atomic mass is 9.55. The number of nitrogens with two attached hydrogens (primary N) is 2. The molecule has 0 fully saturated rings. The molecule has 6 atom stereocenters. The molecule has 73 heavy (non-hydrogen) atoms. The second-order valence-electron chi connectivity index (χ2n) is 19.4. The van der Waals surface area contributed by atoms with Crippen LogP contribution in [0, 0.1) is 34.5 Å². The molecule has 2 heterocycles. The van der Waals surface area contributed by atoms with Crippen LogP contribution in [0.1, 0.15) is 84.3 Å². The van der Waals surface area contributed by atoms with Crippen molar-refractivity contribution in [2.45, 2.75) is 75.7 Å². The smallest absolute Gasteiger partial charge is 0.323 e. The van der Waals surface area contributed by atoms with Crippen molar-refractivity contribution in [3.8, 4) is 17.9 Å². The normalized spacial score (nSPS) is 21.7. The molecule has 4 aromatic carbocycles. The van der Waals surface area contributed by atoms with Gasteiger partial charge in [-0.25, -0.2) is 14.5 Å². The second kappa shape index (κ2) is 20.3. The Labute approximate surface area is 421 Å². The van der Waals surface area contributed by atoms with Gasteiger partial charge in [-0.1, -0.05) is 85.8 Å². The van der Waals surface area contributed by atoms with E-state index in [1.807, 2.05) is 107 Å². The number of hydrogen-bond acceptors (Lipinski definition) is 14. The quantitative estimate of drug-likeness (QED) is 0.108. The number of aliphatic hydroxyl groups is 4. The average Bonchev–Trinajstić information content (AvgIpc) is 3.79. The number of carbonyl (C=O) groups excluding carboxylic acids is 4. The van der Waals surface area contributed by atoms with E-state index in [0.717, 1.165) is 39.2 Å². The number of primary amides is 2. The van der Waals surface area contributed by atoms with Gasteiger partial charge in [-0.3, -0.25) is 24.2 Å². The van der Waals surface area contributed by atoms with Crippen LogP contribution in [0.25, 0.3) is 12.2 Å². The molecule has 1 aliphatic heterocycles. The molecule has 4 aliphatic rings. The first kappa shape index (κ1) is 53.9. The molecular weight excluding hydrogens is 935 g/mol. The van der Waals surface area contributed by atoms with Crippen LogP contribution in [0.2, 0.25) is 0 Å². The molecule has 1 aromatic heterocycles. The fourth-order valence-corrected chi connectivity index (χ4v) is 9.93. The first-order chi connectivity index (χ1) is 33.9. The number of para-hydroxylation sites is 2. The number of ketones is 2. The maximum absolute atomic E-state index is 13.3. The Bertz CT molecular complexity index is 3110. The predicted molar refractivity (Wildman–Crippen MR) is 270 cm³/mol. The van der Waals surface area contributed by atoms with Crippen LogP contribution in [-0.2, 0) is 27.0 Å². The maximum Gasteiger partial charge on any atom is 0.323 e. The molecular formula is C54H57N9O10. The fraction of sp³-hybridized carbons (Fsp3) is 0.296. The van der Waals surface area contributed by atoms with Crippen molar-refractivity contribution in [3.05, 3.63) is 159 Å².